The molecule has 1 atom stereocenters. The van der Waals surface area contributed by atoms with Crippen molar-refractivity contribution in [2.75, 3.05) is 25.2 Å². The molecule has 1 aromatic heterocycles. The highest BCUT2D eigenvalue weighted by Gasteiger charge is 2.24. The van der Waals surface area contributed by atoms with Crippen LogP contribution in [0, 0.1) is 0 Å². The van der Waals surface area contributed by atoms with Gasteiger partial charge in [-0.2, -0.15) is 0 Å². The first-order valence-electron chi connectivity index (χ1n) is 6.82. The second-order valence-corrected chi connectivity index (χ2v) is 5.27. The number of nitrogens with one attached hydrogen (secondary N) is 1. The molecule has 2 aliphatic rings. The third kappa shape index (κ3) is 2.65. The van der Waals surface area contributed by atoms with Gasteiger partial charge in [0.15, 0.2) is 0 Å². The van der Waals surface area contributed by atoms with Crippen LogP contribution in [0.15, 0.2) is 18.3 Å². The van der Waals surface area contributed by atoms with E-state index in [1.165, 1.54) is 18.4 Å². The van der Waals surface area contributed by atoms with Crippen LogP contribution >= 0.6 is 0 Å². The molecule has 2 fully saturated rings. The summed E-state index contributed by atoms with van der Waals surface area (Å²) in [6.45, 7) is 2.62. The lowest BCUT2D eigenvalue weighted by Gasteiger charge is -2.26. The minimum absolute atomic E-state index is 0.472. The number of aromatic nitrogens is 1. The van der Waals surface area contributed by atoms with Crippen LogP contribution in [0.1, 0.15) is 24.8 Å². The molecule has 0 aromatic carbocycles. The maximum atomic E-state index is 5.46. The quantitative estimate of drug-likeness (QED) is 0.857. The van der Waals surface area contributed by atoms with Crippen LogP contribution < -0.4 is 10.2 Å². The van der Waals surface area contributed by atoms with Crippen LogP contribution in [0.4, 0.5) is 5.82 Å². The number of ether oxygens (including phenoxy) is 1. The van der Waals surface area contributed by atoms with Gasteiger partial charge in [0.2, 0.25) is 0 Å². The fraction of sp³-hybridized carbons (Fsp3) is 0.643. The SMILES string of the molecule is CN(c1ncccc1CNC1CC1)C1CCOC1. The Labute approximate surface area is 108 Å². The third-order valence-electron chi connectivity index (χ3n) is 3.81. The molecule has 1 aliphatic carbocycles. The van der Waals surface area contributed by atoms with Crippen molar-refractivity contribution in [1.82, 2.24) is 10.3 Å². The van der Waals surface area contributed by atoms with Crippen molar-refractivity contribution in [3.8, 4) is 0 Å². The molecule has 2 heterocycles. The molecule has 1 saturated heterocycles. The maximum absolute atomic E-state index is 5.46. The summed E-state index contributed by atoms with van der Waals surface area (Å²) in [7, 11) is 2.13. The van der Waals surface area contributed by atoms with Crippen LogP contribution in [-0.2, 0) is 11.3 Å². The Bertz CT molecular complexity index is 400. The first-order chi connectivity index (χ1) is 8.84. The molecule has 1 aliphatic heterocycles. The molecule has 0 bridgehead atoms. The monoisotopic (exact) mass is 247 g/mol. The molecular formula is C14H21N3O. The zero-order valence-corrected chi connectivity index (χ0v) is 10.9. The van der Waals surface area contributed by atoms with Gasteiger partial charge in [-0.15, -0.1) is 0 Å². The third-order valence-corrected chi connectivity index (χ3v) is 3.81. The lowest BCUT2D eigenvalue weighted by molar-refractivity contribution is 0.193. The van der Waals surface area contributed by atoms with Crippen LogP contribution in [0.3, 0.4) is 0 Å². The van der Waals surface area contributed by atoms with E-state index < -0.39 is 0 Å². The van der Waals surface area contributed by atoms with Gasteiger partial charge >= 0.3 is 0 Å². The fourth-order valence-corrected chi connectivity index (χ4v) is 2.43. The average molecular weight is 247 g/mol. The average Bonchev–Trinajstić information content (AvgIpc) is 3.08. The molecular weight excluding hydrogens is 226 g/mol. The van der Waals surface area contributed by atoms with E-state index >= 15 is 0 Å². The predicted octanol–water partition coefficient (Wildman–Crippen LogP) is 1.56. The summed E-state index contributed by atoms with van der Waals surface area (Å²) in [5, 5.41) is 3.56. The van der Waals surface area contributed by atoms with Gasteiger partial charge in [-0.05, 0) is 25.3 Å². The molecule has 1 saturated carbocycles. The Morgan fingerprint density at radius 2 is 2.33 bits per heavy atom. The Kier molecular flexibility index (Phi) is 3.48. The molecule has 98 valence electrons. The molecule has 0 spiro atoms. The van der Waals surface area contributed by atoms with Gasteiger partial charge in [0, 0.05) is 38.0 Å². The lowest BCUT2D eigenvalue weighted by Crippen LogP contribution is -2.33. The zero-order valence-electron chi connectivity index (χ0n) is 10.9. The van der Waals surface area contributed by atoms with Crippen LogP contribution in [0.2, 0.25) is 0 Å². The normalized spacial score (nSPS) is 23.3. The van der Waals surface area contributed by atoms with Crippen molar-refractivity contribution in [2.24, 2.45) is 0 Å². The molecule has 4 heteroatoms. The van der Waals surface area contributed by atoms with E-state index in [1.807, 2.05) is 12.3 Å². The minimum Gasteiger partial charge on any atom is -0.379 e. The largest absolute Gasteiger partial charge is 0.379 e. The Balaban J connectivity index is 1.71. The smallest absolute Gasteiger partial charge is 0.133 e. The van der Waals surface area contributed by atoms with Crippen molar-refractivity contribution in [2.45, 2.75) is 37.9 Å². The van der Waals surface area contributed by atoms with E-state index in [2.05, 4.69) is 28.3 Å². The fourth-order valence-electron chi connectivity index (χ4n) is 2.43. The van der Waals surface area contributed by atoms with E-state index in [1.54, 1.807) is 0 Å². The van der Waals surface area contributed by atoms with Crippen LogP contribution in [0.25, 0.3) is 0 Å². The van der Waals surface area contributed by atoms with Crippen LogP contribution in [-0.4, -0.2) is 37.3 Å². The summed E-state index contributed by atoms with van der Waals surface area (Å²) in [6, 6.07) is 5.40. The number of rotatable bonds is 5. The number of hydrogen-bond donors (Lipinski definition) is 1. The van der Waals surface area contributed by atoms with Gasteiger partial charge in [-0.25, -0.2) is 4.98 Å². The molecule has 0 radical (unpaired) electrons. The van der Waals surface area contributed by atoms with E-state index in [9.17, 15) is 0 Å². The van der Waals surface area contributed by atoms with Crippen molar-refractivity contribution in [3.05, 3.63) is 23.9 Å². The van der Waals surface area contributed by atoms with E-state index in [0.717, 1.165) is 38.0 Å². The summed E-state index contributed by atoms with van der Waals surface area (Å²) in [5.74, 6) is 1.10. The highest BCUT2D eigenvalue weighted by atomic mass is 16.5. The summed E-state index contributed by atoms with van der Waals surface area (Å²) in [5.41, 5.74) is 1.29. The number of nitrogens with zero attached hydrogens (tertiary/aromatic N) is 2. The molecule has 3 rings (SSSR count). The second kappa shape index (κ2) is 5.24. The first-order valence-corrected chi connectivity index (χ1v) is 6.82. The zero-order chi connectivity index (χ0) is 12.4. The number of hydrogen-bond acceptors (Lipinski definition) is 4. The minimum atomic E-state index is 0.472. The Morgan fingerprint density at radius 3 is 3.06 bits per heavy atom. The van der Waals surface area contributed by atoms with Gasteiger partial charge in [0.25, 0.3) is 0 Å². The van der Waals surface area contributed by atoms with Crippen LogP contribution in [0.5, 0.6) is 0 Å². The summed E-state index contributed by atoms with van der Waals surface area (Å²) in [4.78, 5) is 6.83. The van der Waals surface area contributed by atoms with Gasteiger partial charge in [-0.1, -0.05) is 6.07 Å². The summed E-state index contributed by atoms with van der Waals surface area (Å²) >= 11 is 0. The highest BCUT2D eigenvalue weighted by Crippen LogP contribution is 2.24. The molecule has 1 N–H and O–H groups in total. The van der Waals surface area contributed by atoms with Gasteiger partial charge in [0.1, 0.15) is 5.82 Å². The summed E-state index contributed by atoms with van der Waals surface area (Å²) < 4.78 is 5.46. The number of likely N-dealkylation sites (N-methyl/N-ethyl adjacent to an activating group) is 1. The van der Waals surface area contributed by atoms with Crippen molar-refractivity contribution in [1.29, 1.82) is 0 Å². The molecule has 4 nitrogen and oxygen atoms in total. The first kappa shape index (κ1) is 11.9. The van der Waals surface area contributed by atoms with Gasteiger partial charge in [-0.3, -0.25) is 0 Å². The highest BCUT2D eigenvalue weighted by molar-refractivity contribution is 5.47. The summed E-state index contributed by atoms with van der Waals surface area (Å²) in [6.07, 6.45) is 5.62. The van der Waals surface area contributed by atoms with Gasteiger partial charge in [0.05, 0.1) is 12.6 Å². The topological polar surface area (TPSA) is 37.4 Å². The van der Waals surface area contributed by atoms with Crippen molar-refractivity contribution < 1.29 is 4.74 Å². The number of pyridine rings is 1. The lowest BCUT2D eigenvalue weighted by atomic mass is 10.2. The Morgan fingerprint density at radius 1 is 1.44 bits per heavy atom. The standard InChI is InChI=1S/C14H21N3O/c1-17(13-6-8-18-10-13)14-11(3-2-7-15-14)9-16-12-4-5-12/h2-3,7,12-13,16H,4-6,8-10H2,1H3. The molecule has 18 heavy (non-hydrogen) atoms. The maximum Gasteiger partial charge on any atom is 0.133 e. The van der Waals surface area contributed by atoms with E-state index in [4.69, 9.17) is 4.74 Å². The molecule has 1 aromatic rings. The second-order valence-electron chi connectivity index (χ2n) is 5.27. The van der Waals surface area contributed by atoms with Gasteiger partial charge < -0.3 is 15.0 Å². The van der Waals surface area contributed by atoms with Crippen molar-refractivity contribution >= 4 is 5.82 Å². The predicted molar refractivity (Wildman–Crippen MR) is 71.7 cm³/mol. The molecule has 1 unspecified atom stereocenters. The van der Waals surface area contributed by atoms with Crippen molar-refractivity contribution in [3.63, 3.8) is 0 Å². The molecule has 0 amide bonds. The van der Waals surface area contributed by atoms with E-state index in [0.29, 0.717) is 6.04 Å². The Hall–Kier alpha value is -1.13. The number of anilines is 1. The van der Waals surface area contributed by atoms with E-state index in [-0.39, 0.29) is 0 Å².